The summed E-state index contributed by atoms with van der Waals surface area (Å²) in [5.41, 5.74) is 2.79. The Balaban J connectivity index is 1.50. The zero-order valence-corrected chi connectivity index (χ0v) is 18.6. The van der Waals surface area contributed by atoms with Gasteiger partial charge in [0.15, 0.2) is 4.77 Å². The minimum atomic E-state index is -0.184. The van der Waals surface area contributed by atoms with Crippen LogP contribution in [0.4, 0.5) is 0 Å². The van der Waals surface area contributed by atoms with E-state index in [4.69, 9.17) is 12.2 Å². The Bertz CT molecular complexity index is 1290. The average molecular weight is 444 g/mol. The number of rotatable bonds is 7. The summed E-state index contributed by atoms with van der Waals surface area (Å²) in [6.07, 6.45) is 0.163. The first-order valence-electron chi connectivity index (χ1n) is 10.7. The molecule has 5 nitrogen and oxygen atoms in total. The molecule has 0 aliphatic rings. The predicted molar refractivity (Wildman–Crippen MR) is 130 cm³/mol. The van der Waals surface area contributed by atoms with Gasteiger partial charge in [0.1, 0.15) is 0 Å². The minimum Gasteiger partial charge on any atom is -0.353 e. The van der Waals surface area contributed by atoms with Crippen LogP contribution in [0.5, 0.6) is 0 Å². The minimum absolute atomic E-state index is 0.0209. The molecule has 0 saturated heterocycles. The molecule has 0 fully saturated rings. The van der Waals surface area contributed by atoms with E-state index >= 15 is 0 Å². The summed E-state index contributed by atoms with van der Waals surface area (Å²) in [7, 11) is 0. The van der Waals surface area contributed by atoms with Crippen molar-refractivity contribution in [2.45, 2.75) is 31.8 Å². The van der Waals surface area contributed by atoms with E-state index in [1.54, 1.807) is 6.07 Å². The molecule has 1 amide bonds. The second-order valence-electron chi connectivity index (χ2n) is 7.84. The highest BCUT2D eigenvalue weighted by Crippen LogP contribution is 2.28. The second-order valence-corrected chi connectivity index (χ2v) is 8.22. The fourth-order valence-electron chi connectivity index (χ4n) is 4.12. The van der Waals surface area contributed by atoms with E-state index in [2.05, 4.69) is 34.6 Å². The highest BCUT2D eigenvalue weighted by atomic mass is 32.1. The van der Waals surface area contributed by atoms with Gasteiger partial charge in [-0.1, -0.05) is 72.8 Å². The number of para-hydroxylation sites is 1. The van der Waals surface area contributed by atoms with Crippen LogP contribution in [0.15, 0.2) is 89.7 Å². The molecule has 0 aliphatic carbocycles. The smallest absolute Gasteiger partial charge is 0.262 e. The van der Waals surface area contributed by atoms with Gasteiger partial charge in [0.2, 0.25) is 5.91 Å². The van der Waals surface area contributed by atoms with Crippen LogP contribution in [0.25, 0.3) is 10.9 Å². The van der Waals surface area contributed by atoms with Crippen LogP contribution in [0.1, 0.15) is 30.4 Å². The molecule has 0 bridgehead atoms. The molecule has 0 saturated carbocycles. The van der Waals surface area contributed by atoms with Crippen LogP contribution < -0.4 is 10.9 Å². The van der Waals surface area contributed by atoms with Crippen molar-refractivity contribution in [1.29, 1.82) is 0 Å². The molecule has 0 radical (unpaired) electrons. The third-order valence-corrected chi connectivity index (χ3v) is 5.98. The monoisotopic (exact) mass is 443 g/mol. The fraction of sp³-hybridized carbons (Fsp3) is 0.192. The summed E-state index contributed by atoms with van der Waals surface area (Å²) >= 11 is 5.35. The fourth-order valence-corrected chi connectivity index (χ4v) is 4.40. The molecule has 1 aromatic heterocycles. The zero-order valence-electron chi connectivity index (χ0n) is 17.8. The number of amides is 1. The second kappa shape index (κ2) is 9.75. The molecule has 0 spiro atoms. The van der Waals surface area contributed by atoms with Crippen molar-refractivity contribution < 1.29 is 4.79 Å². The maximum atomic E-state index is 12.8. The number of nitrogens with zero attached hydrogens (tertiary/aromatic N) is 1. The van der Waals surface area contributed by atoms with Gasteiger partial charge in [-0.05, 0) is 42.4 Å². The zero-order chi connectivity index (χ0) is 22.5. The van der Waals surface area contributed by atoms with Gasteiger partial charge in [-0.25, -0.2) is 0 Å². The summed E-state index contributed by atoms with van der Waals surface area (Å²) in [6.45, 7) is 2.23. The molecule has 162 valence electrons. The Hall–Kier alpha value is -3.51. The van der Waals surface area contributed by atoms with Crippen LogP contribution in [-0.2, 0) is 11.3 Å². The molecular weight excluding hydrogens is 418 g/mol. The molecule has 1 atom stereocenters. The Morgan fingerprint density at radius 1 is 0.938 bits per heavy atom. The Morgan fingerprint density at radius 2 is 1.50 bits per heavy atom. The number of benzene rings is 3. The number of aromatic nitrogens is 2. The van der Waals surface area contributed by atoms with Gasteiger partial charge in [0.25, 0.3) is 5.56 Å². The summed E-state index contributed by atoms with van der Waals surface area (Å²) < 4.78 is 1.77. The number of carbonyl (C=O) groups is 1. The lowest BCUT2D eigenvalue weighted by Crippen LogP contribution is -2.38. The van der Waals surface area contributed by atoms with E-state index in [-0.39, 0.29) is 36.4 Å². The number of aromatic amines is 1. The number of H-pyrrole nitrogens is 1. The SMILES string of the molecule is CC(NC(=O)CCn1c(=S)[nH]c2ccccc2c1=O)C(c1ccccc1)c1ccccc1. The Morgan fingerprint density at radius 3 is 2.12 bits per heavy atom. The normalized spacial score (nSPS) is 12.1. The maximum absolute atomic E-state index is 12.8. The summed E-state index contributed by atoms with van der Waals surface area (Å²) in [5.74, 6) is -0.101. The van der Waals surface area contributed by atoms with Crippen LogP contribution in [0, 0.1) is 4.77 Å². The van der Waals surface area contributed by atoms with E-state index < -0.39 is 0 Å². The Kier molecular flexibility index (Phi) is 6.61. The maximum Gasteiger partial charge on any atom is 0.262 e. The third kappa shape index (κ3) is 4.70. The quantitative estimate of drug-likeness (QED) is 0.404. The lowest BCUT2D eigenvalue weighted by atomic mass is 9.86. The number of hydrogen-bond donors (Lipinski definition) is 2. The first-order valence-corrected chi connectivity index (χ1v) is 11.1. The van der Waals surface area contributed by atoms with Gasteiger partial charge in [-0.2, -0.15) is 0 Å². The molecule has 4 aromatic rings. The van der Waals surface area contributed by atoms with E-state index in [0.29, 0.717) is 15.7 Å². The molecule has 1 heterocycles. The Labute approximate surface area is 191 Å². The third-order valence-electron chi connectivity index (χ3n) is 5.66. The molecule has 3 aromatic carbocycles. The van der Waals surface area contributed by atoms with Crippen LogP contribution in [-0.4, -0.2) is 21.5 Å². The van der Waals surface area contributed by atoms with Crippen molar-refractivity contribution in [3.05, 3.63) is 111 Å². The van der Waals surface area contributed by atoms with Crippen molar-refractivity contribution >= 4 is 29.0 Å². The highest BCUT2D eigenvalue weighted by molar-refractivity contribution is 7.71. The van der Waals surface area contributed by atoms with Crippen molar-refractivity contribution in [2.75, 3.05) is 0 Å². The molecule has 6 heteroatoms. The van der Waals surface area contributed by atoms with Crippen molar-refractivity contribution in [1.82, 2.24) is 14.9 Å². The number of carbonyl (C=O) groups excluding carboxylic acids is 1. The van der Waals surface area contributed by atoms with E-state index in [0.717, 1.165) is 11.1 Å². The summed E-state index contributed by atoms with van der Waals surface area (Å²) in [5, 5.41) is 3.68. The number of nitrogens with one attached hydrogen (secondary N) is 2. The van der Waals surface area contributed by atoms with Gasteiger partial charge in [-0.15, -0.1) is 0 Å². The van der Waals surface area contributed by atoms with E-state index in [1.165, 1.54) is 4.57 Å². The highest BCUT2D eigenvalue weighted by Gasteiger charge is 2.22. The van der Waals surface area contributed by atoms with Gasteiger partial charge in [-0.3, -0.25) is 14.2 Å². The first-order chi connectivity index (χ1) is 15.5. The van der Waals surface area contributed by atoms with Gasteiger partial charge < -0.3 is 10.3 Å². The summed E-state index contributed by atoms with van der Waals surface area (Å²) in [4.78, 5) is 28.7. The van der Waals surface area contributed by atoms with E-state index in [1.807, 2.05) is 61.5 Å². The van der Waals surface area contributed by atoms with Crippen LogP contribution >= 0.6 is 12.2 Å². The number of hydrogen-bond acceptors (Lipinski definition) is 3. The average Bonchev–Trinajstić information content (AvgIpc) is 2.80. The van der Waals surface area contributed by atoms with Crippen molar-refractivity contribution in [3.8, 4) is 0 Å². The molecule has 2 N–H and O–H groups in total. The lowest BCUT2D eigenvalue weighted by molar-refractivity contribution is -0.122. The van der Waals surface area contributed by atoms with Crippen molar-refractivity contribution in [2.24, 2.45) is 0 Å². The van der Waals surface area contributed by atoms with E-state index in [9.17, 15) is 9.59 Å². The van der Waals surface area contributed by atoms with Crippen LogP contribution in [0.2, 0.25) is 0 Å². The van der Waals surface area contributed by atoms with Crippen molar-refractivity contribution in [3.63, 3.8) is 0 Å². The number of fused-ring (bicyclic) bond motifs is 1. The topological polar surface area (TPSA) is 66.9 Å². The molecule has 4 rings (SSSR count). The standard InChI is InChI=1S/C26H25N3O2S/c1-18(24(19-10-4-2-5-11-19)20-12-6-3-7-13-20)27-23(30)16-17-29-25(31)21-14-8-9-15-22(21)28-26(29)32/h2-15,18,24H,16-17H2,1H3,(H,27,30)(H,28,32). The van der Waals surface area contributed by atoms with Gasteiger partial charge in [0, 0.05) is 24.9 Å². The largest absolute Gasteiger partial charge is 0.353 e. The lowest BCUT2D eigenvalue weighted by Gasteiger charge is -2.26. The van der Waals surface area contributed by atoms with Crippen LogP contribution in [0.3, 0.4) is 0 Å². The molecule has 32 heavy (non-hydrogen) atoms. The molecule has 1 unspecified atom stereocenters. The summed E-state index contributed by atoms with van der Waals surface area (Å²) in [6, 6.07) is 27.4. The van der Waals surface area contributed by atoms with Gasteiger partial charge in [0.05, 0.1) is 10.9 Å². The first kappa shape index (κ1) is 21.7. The molecular formula is C26H25N3O2S. The predicted octanol–water partition coefficient (Wildman–Crippen LogP) is 4.79. The molecule has 0 aliphatic heterocycles. The van der Waals surface area contributed by atoms with Gasteiger partial charge >= 0.3 is 0 Å².